The summed E-state index contributed by atoms with van der Waals surface area (Å²) in [5.74, 6) is -1.30. The van der Waals surface area contributed by atoms with E-state index in [2.05, 4.69) is 11.0 Å². The van der Waals surface area contributed by atoms with Crippen molar-refractivity contribution in [1.82, 2.24) is 4.90 Å². The minimum Gasteiger partial charge on any atom is -0.497 e. The van der Waals surface area contributed by atoms with Gasteiger partial charge in [-0.3, -0.25) is 4.90 Å². The lowest BCUT2D eigenvalue weighted by atomic mass is 9.87. The number of hydrogen-bond acceptors (Lipinski definition) is 7. The van der Waals surface area contributed by atoms with Crippen molar-refractivity contribution < 1.29 is 48.3 Å². The molecule has 11 heteroatoms. The van der Waals surface area contributed by atoms with Crippen LogP contribution in [0.5, 0.6) is 11.5 Å². The molecule has 4 N–H and O–H groups in total. The highest BCUT2D eigenvalue weighted by molar-refractivity contribution is 5.83. The van der Waals surface area contributed by atoms with Crippen LogP contribution in [0, 0.1) is 11.6 Å². The molecular weight excluding hydrogens is 564 g/mol. The van der Waals surface area contributed by atoms with Crippen molar-refractivity contribution in [2.45, 2.75) is 37.4 Å². The van der Waals surface area contributed by atoms with Crippen LogP contribution in [-0.2, 0) is 9.59 Å². The van der Waals surface area contributed by atoms with Crippen molar-refractivity contribution in [1.29, 1.82) is 0 Å². The highest BCUT2D eigenvalue weighted by Crippen LogP contribution is 2.30. The van der Waals surface area contributed by atoms with E-state index in [1.807, 2.05) is 48.5 Å². The average molecular weight is 600 g/mol. The van der Waals surface area contributed by atoms with E-state index in [1.165, 1.54) is 24.3 Å². The number of carbonyl (C=O) groups is 2. The number of carboxylic acid groups (broad SMARTS) is 2. The molecule has 0 saturated heterocycles. The summed E-state index contributed by atoms with van der Waals surface area (Å²) in [5.41, 5.74) is 2.11. The molecule has 0 saturated carbocycles. The first-order valence-corrected chi connectivity index (χ1v) is 13.6. The van der Waals surface area contributed by atoms with E-state index in [0.717, 1.165) is 67.3 Å². The molecule has 0 spiro atoms. The van der Waals surface area contributed by atoms with Gasteiger partial charge in [-0.05, 0) is 85.1 Å². The number of carboxylic acids is 2. The maximum atomic E-state index is 13.4. The molecule has 2 unspecified atom stereocenters. The Bertz CT molecular complexity index is 1280. The average Bonchev–Trinajstić information content (AvgIpc) is 3.01. The fraction of sp³-hybridized carbons (Fsp3) is 0.312. The highest BCUT2D eigenvalue weighted by atomic mass is 19.1. The fourth-order valence-electron chi connectivity index (χ4n) is 4.49. The number of rotatable bonds is 12. The molecule has 0 amide bonds. The largest absolute Gasteiger partial charge is 0.497 e. The Balaban J connectivity index is 0.000000436. The number of aliphatic hydroxyl groups is 2. The van der Waals surface area contributed by atoms with Crippen LogP contribution in [0.2, 0.25) is 0 Å². The molecule has 43 heavy (non-hydrogen) atoms. The quantitative estimate of drug-likeness (QED) is 0.238. The molecular formula is C32H35F2NO8. The van der Waals surface area contributed by atoms with E-state index in [4.69, 9.17) is 29.9 Å². The molecule has 1 aliphatic heterocycles. The zero-order valence-electron chi connectivity index (χ0n) is 23.6. The second kappa shape index (κ2) is 16.4. The SMILES string of the molecule is COc1ccc(OC2=CCN(CCCC(c3ccc(F)cc3)c3ccc(F)cc3)CC2)cc1.O=C(O)C(O)C(O)C(=O)O. The Morgan fingerprint density at radius 3 is 1.72 bits per heavy atom. The lowest BCUT2D eigenvalue weighted by molar-refractivity contribution is -0.165. The summed E-state index contributed by atoms with van der Waals surface area (Å²) < 4.78 is 38.0. The van der Waals surface area contributed by atoms with Gasteiger partial charge in [0, 0.05) is 25.4 Å². The van der Waals surface area contributed by atoms with Gasteiger partial charge in [-0.15, -0.1) is 0 Å². The van der Waals surface area contributed by atoms with E-state index in [1.54, 1.807) is 7.11 Å². The molecule has 3 aromatic carbocycles. The zero-order valence-corrected chi connectivity index (χ0v) is 23.6. The number of aliphatic carboxylic acids is 2. The first kappa shape index (κ1) is 33.2. The maximum absolute atomic E-state index is 13.4. The van der Waals surface area contributed by atoms with Gasteiger partial charge in [-0.2, -0.15) is 0 Å². The van der Waals surface area contributed by atoms with Crippen molar-refractivity contribution >= 4 is 11.9 Å². The Morgan fingerprint density at radius 1 is 0.814 bits per heavy atom. The second-order valence-corrected chi connectivity index (χ2v) is 9.86. The molecule has 0 aromatic heterocycles. The minimum absolute atomic E-state index is 0.112. The lowest BCUT2D eigenvalue weighted by Crippen LogP contribution is -2.39. The summed E-state index contributed by atoms with van der Waals surface area (Å²) in [4.78, 5) is 22.0. The molecule has 0 fully saturated rings. The van der Waals surface area contributed by atoms with E-state index in [9.17, 15) is 18.4 Å². The van der Waals surface area contributed by atoms with Crippen LogP contribution in [0.15, 0.2) is 84.6 Å². The number of hydrogen-bond donors (Lipinski definition) is 4. The van der Waals surface area contributed by atoms with Crippen LogP contribution < -0.4 is 9.47 Å². The third-order valence-corrected chi connectivity index (χ3v) is 6.88. The number of benzene rings is 3. The van der Waals surface area contributed by atoms with E-state index < -0.39 is 24.1 Å². The number of halogens is 2. The van der Waals surface area contributed by atoms with Crippen molar-refractivity contribution in [3.05, 3.63) is 107 Å². The molecule has 0 aliphatic carbocycles. The normalized spacial score (nSPS) is 14.6. The number of ether oxygens (including phenoxy) is 2. The van der Waals surface area contributed by atoms with Crippen molar-refractivity contribution in [2.24, 2.45) is 0 Å². The zero-order chi connectivity index (χ0) is 31.4. The van der Waals surface area contributed by atoms with Gasteiger partial charge in [0.1, 0.15) is 28.9 Å². The highest BCUT2D eigenvalue weighted by Gasteiger charge is 2.29. The van der Waals surface area contributed by atoms with Gasteiger partial charge < -0.3 is 29.9 Å². The summed E-state index contributed by atoms with van der Waals surface area (Å²) in [6, 6.07) is 20.9. The lowest BCUT2D eigenvalue weighted by Gasteiger charge is -2.27. The Kier molecular flexibility index (Phi) is 12.6. The van der Waals surface area contributed by atoms with Gasteiger partial charge in [0.15, 0.2) is 12.2 Å². The van der Waals surface area contributed by atoms with E-state index in [-0.39, 0.29) is 17.6 Å². The molecule has 230 valence electrons. The van der Waals surface area contributed by atoms with Gasteiger partial charge in [-0.1, -0.05) is 24.3 Å². The summed E-state index contributed by atoms with van der Waals surface area (Å²) in [6.07, 6.45) is 0.375. The van der Waals surface area contributed by atoms with Gasteiger partial charge >= 0.3 is 11.9 Å². The van der Waals surface area contributed by atoms with Crippen LogP contribution in [-0.4, -0.2) is 76.2 Å². The molecule has 3 aromatic rings. The predicted octanol–water partition coefficient (Wildman–Crippen LogP) is 4.43. The molecule has 1 aliphatic rings. The monoisotopic (exact) mass is 599 g/mol. The smallest absolute Gasteiger partial charge is 0.335 e. The summed E-state index contributed by atoms with van der Waals surface area (Å²) >= 11 is 0. The van der Waals surface area contributed by atoms with E-state index >= 15 is 0 Å². The van der Waals surface area contributed by atoms with Crippen LogP contribution in [0.25, 0.3) is 0 Å². The molecule has 1 heterocycles. The van der Waals surface area contributed by atoms with Crippen molar-refractivity contribution in [3.63, 3.8) is 0 Å². The number of nitrogens with zero attached hydrogens (tertiary/aromatic N) is 1. The Morgan fingerprint density at radius 2 is 1.30 bits per heavy atom. The summed E-state index contributed by atoms with van der Waals surface area (Å²) in [6.45, 7) is 2.76. The first-order chi connectivity index (χ1) is 20.6. The van der Waals surface area contributed by atoms with Gasteiger partial charge in [-0.25, -0.2) is 18.4 Å². The molecule has 4 rings (SSSR count). The van der Waals surface area contributed by atoms with E-state index in [0.29, 0.717) is 0 Å². The van der Waals surface area contributed by atoms with Crippen LogP contribution in [0.1, 0.15) is 36.3 Å². The topological polar surface area (TPSA) is 137 Å². The standard InChI is InChI=1S/C28H29F2NO2.C4H6O6/c1-32-25-12-14-26(15-13-25)33-27-16-19-31(20-17-27)18-2-3-28(21-4-8-23(29)9-5-21)22-6-10-24(30)11-7-22;5-1(3(7)8)2(6)4(9)10/h4-16,28H,2-3,17-20H2,1H3;1-2,5-6H,(H,7,8)(H,9,10). The first-order valence-electron chi connectivity index (χ1n) is 13.6. The number of aliphatic hydroxyl groups excluding tert-OH is 2. The minimum atomic E-state index is -2.27. The fourth-order valence-corrected chi connectivity index (χ4v) is 4.49. The predicted molar refractivity (Wildman–Crippen MR) is 154 cm³/mol. The van der Waals surface area contributed by atoms with Gasteiger partial charge in [0.25, 0.3) is 0 Å². The molecule has 0 radical (unpaired) electrons. The maximum Gasteiger partial charge on any atom is 0.335 e. The Hall–Kier alpha value is -4.32. The third-order valence-electron chi connectivity index (χ3n) is 6.88. The molecule has 2 atom stereocenters. The van der Waals surface area contributed by atoms with Crippen molar-refractivity contribution in [3.8, 4) is 11.5 Å². The third kappa shape index (κ3) is 10.5. The van der Waals surface area contributed by atoms with Gasteiger partial charge in [0.2, 0.25) is 0 Å². The molecule has 0 bridgehead atoms. The van der Waals surface area contributed by atoms with Crippen LogP contribution in [0.3, 0.4) is 0 Å². The van der Waals surface area contributed by atoms with Crippen molar-refractivity contribution in [2.75, 3.05) is 26.7 Å². The number of methoxy groups -OCH3 is 1. The summed E-state index contributed by atoms with van der Waals surface area (Å²) in [7, 11) is 1.65. The Labute approximate surface area is 248 Å². The summed E-state index contributed by atoms with van der Waals surface area (Å²) in [5, 5.41) is 32.5. The molecule has 9 nitrogen and oxygen atoms in total. The van der Waals surface area contributed by atoms with Crippen LogP contribution >= 0.6 is 0 Å². The second-order valence-electron chi connectivity index (χ2n) is 9.86. The van der Waals surface area contributed by atoms with Crippen LogP contribution in [0.4, 0.5) is 8.78 Å². The van der Waals surface area contributed by atoms with Gasteiger partial charge in [0.05, 0.1) is 7.11 Å².